The van der Waals surface area contributed by atoms with Crippen molar-refractivity contribution in [3.63, 3.8) is 0 Å². The predicted molar refractivity (Wildman–Crippen MR) is 132 cm³/mol. The Bertz CT molecular complexity index is 1350. The normalized spacial score (nSPS) is 11.3. The molecular weight excluding hydrogens is 430 g/mol. The number of hydrogen-bond donors (Lipinski definition) is 1. The maximum Gasteiger partial charge on any atom is 0.254 e. The van der Waals surface area contributed by atoms with E-state index in [1.54, 1.807) is 42.4 Å². The Labute approximate surface area is 198 Å². The number of anilines is 1. The van der Waals surface area contributed by atoms with Gasteiger partial charge >= 0.3 is 0 Å². The molecule has 4 rings (SSSR count). The highest BCUT2D eigenvalue weighted by atomic mass is 16.3. The van der Waals surface area contributed by atoms with Crippen LogP contribution in [0.25, 0.3) is 22.5 Å². The summed E-state index contributed by atoms with van der Waals surface area (Å²) >= 11 is 0. The first-order valence-electron chi connectivity index (χ1n) is 11.2. The van der Waals surface area contributed by atoms with Gasteiger partial charge in [0.05, 0.1) is 30.0 Å². The number of nitrogens with one attached hydrogen (secondary N) is 1. The predicted octanol–water partition coefficient (Wildman–Crippen LogP) is 4.91. The zero-order valence-corrected chi connectivity index (χ0v) is 20.3. The third-order valence-electron chi connectivity index (χ3n) is 5.73. The summed E-state index contributed by atoms with van der Waals surface area (Å²) in [4.78, 5) is 32.4. The lowest BCUT2D eigenvalue weighted by molar-refractivity contribution is -0.116. The van der Waals surface area contributed by atoms with Crippen LogP contribution in [0, 0.1) is 20.8 Å². The summed E-state index contributed by atoms with van der Waals surface area (Å²) in [6.45, 7) is 9.85. The largest absolute Gasteiger partial charge is 0.463 e. The van der Waals surface area contributed by atoms with Crippen LogP contribution in [0.1, 0.15) is 46.9 Å². The van der Waals surface area contributed by atoms with Gasteiger partial charge in [-0.3, -0.25) is 9.59 Å². The van der Waals surface area contributed by atoms with Crippen molar-refractivity contribution >= 4 is 28.5 Å². The Hall–Kier alpha value is -3.94. The molecule has 0 radical (unpaired) electrons. The molecule has 0 atom stereocenters. The minimum Gasteiger partial charge on any atom is -0.463 e. The van der Waals surface area contributed by atoms with Gasteiger partial charge in [0, 0.05) is 18.8 Å². The molecule has 3 heterocycles. The van der Waals surface area contributed by atoms with Gasteiger partial charge in [-0.1, -0.05) is 17.7 Å². The van der Waals surface area contributed by atoms with Crippen molar-refractivity contribution in [2.75, 3.05) is 18.9 Å². The van der Waals surface area contributed by atoms with Gasteiger partial charge in [-0.2, -0.15) is 5.10 Å². The molecular formula is C26H29N5O3. The van der Waals surface area contributed by atoms with Crippen molar-refractivity contribution in [1.29, 1.82) is 0 Å². The summed E-state index contributed by atoms with van der Waals surface area (Å²) in [5.74, 6) is -0.00507. The van der Waals surface area contributed by atoms with Crippen molar-refractivity contribution in [2.45, 2.75) is 40.7 Å². The number of aromatic nitrogens is 3. The zero-order valence-electron chi connectivity index (χ0n) is 20.3. The quantitative estimate of drug-likeness (QED) is 0.442. The fourth-order valence-electron chi connectivity index (χ4n) is 4.17. The molecule has 0 aliphatic heterocycles. The Kier molecular flexibility index (Phi) is 6.24. The number of carbonyl (C=O) groups is 2. The summed E-state index contributed by atoms with van der Waals surface area (Å²) in [7, 11) is 1.61. The van der Waals surface area contributed by atoms with E-state index in [1.807, 2.05) is 46.8 Å². The molecule has 0 fully saturated rings. The standard InChI is InChI=1S/C26H29N5O3/c1-15(2)31-25-20(13-27-31)19(12-21(28-25)22-8-7-9-34-22)26(33)30(6)14-23(32)29-24-17(4)10-16(3)11-18(24)5/h7-13,15H,14H2,1-6H3,(H,29,32). The Morgan fingerprint density at radius 2 is 1.85 bits per heavy atom. The summed E-state index contributed by atoms with van der Waals surface area (Å²) in [6, 6.07) is 9.36. The summed E-state index contributed by atoms with van der Waals surface area (Å²) in [6.07, 6.45) is 3.21. The smallest absolute Gasteiger partial charge is 0.254 e. The van der Waals surface area contributed by atoms with Crippen LogP contribution in [0.15, 0.2) is 47.2 Å². The molecule has 0 spiro atoms. The van der Waals surface area contributed by atoms with Crippen molar-refractivity contribution < 1.29 is 14.0 Å². The lowest BCUT2D eigenvalue weighted by atomic mass is 10.1. The number of nitrogens with zero attached hydrogens (tertiary/aromatic N) is 4. The van der Waals surface area contributed by atoms with Crippen LogP contribution in [0.5, 0.6) is 0 Å². The van der Waals surface area contributed by atoms with E-state index in [0.29, 0.717) is 28.1 Å². The maximum absolute atomic E-state index is 13.5. The molecule has 4 aromatic rings. The van der Waals surface area contributed by atoms with Crippen LogP contribution < -0.4 is 5.32 Å². The first kappa shape index (κ1) is 23.2. The monoisotopic (exact) mass is 459 g/mol. The number of pyridine rings is 1. The van der Waals surface area contributed by atoms with E-state index in [-0.39, 0.29) is 24.4 Å². The van der Waals surface area contributed by atoms with Crippen LogP contribution in [-0.4, -0.2) is 45.1 Å². The molecule has 34 heavy (non-hydrogen) atoms. The number of amides is 2. The van der Waals surface area contributed by atoms with E-state index in [2.05, 4.69) is 10.4 Å². The number of likely N-dealkylation sites (N-methyl/N-ethyl adjacent to an activating group) is 1. The third-order valence-corrected chi connectivity index (χ3v) is 5.73. The summed E-state index contributed by atoms with van der Waals surface area (Å²) < 4.78 is 7.29. The van der Waals surface area contributed by atoms with Gasteiger partial charge in [0.15, 0.2) is 11.4 Å². The molecule has 176 valence electrons. The van der Waals surface area contributed by atoms with Crippen LogP contribution in [0.3, 0.4) is 0 Å². The molecule has 3 aromatic heterocycles. The molecule has 0 saturated heterocycles. The number of rotatable bonds is 6. The average Bonchev–Trinajstić information content (AvgIpc) is 3.45. The molecule has 0 saturated carbocycles. The highest BCUT2D eigenvalue weighted by Gasteiger charge is 2.23. The zero-order chi connectivity index (χ0) is 24.6. The van der Waals surface area contributed by atoms with Gasteiger partial charge in [-0.25, -0.2) is 9.67 Å². The van der Waals surface area contributed by atoms with E-state index in [0.717, 1.165) is 22.4 Å². The van der Waals surface area contributed by atoms with Crippen LogP contribution in [-0.2, 0) is 4.79 Å². The summed E-state index contributed by atoms with van der Waals surface area (Å²) in [5.41, 5.74) is 5.43. The van der Waals surface area contributed by atoms with E-state index >= 15 is 0 Å². The second-order valence-electron chi connectivity index (χ2n) is 8.94. The van der Waals surface area contributed by atoms with Gasteiger partial charge in [0.1, 0.15) is 5.69 Å². The lowest BCUT2D eigenvalue weighted by Gasteiger charge is -2.19. The fraction of sp³-hybridized carbons (Fsp3) is 0.308. The second kappa shape index (κ2) is 9.13. The molecule has 1 aromatic carbocycles. The van der Waals surface area contributed by atoms with E-state index < -0.39 is 0 Å². The van der Waals surface area contributed by atoms with Crippen LogP contribution in [0.4, 0.5) is 5.69 Å². The van der Waals surface area contributed by atoms with Crippen molar-refractivity contribution in [3.8, 4) is 11.5 Å². The highest BCUT2D eigenvalue weighted by Crippen LogP contribution is 2.27. The van der Waals surface area contributed by atoms with Gasteiger partial charge in [0.25, 0.3) is 5.91 Å². The lowest BCUT2D eigenvalue weighted by Crippen LogP contribution is -2.35. The second-order valence-corrected chi connectivity index (χ2v) is 8.94. The average molecular weight is 460 g/mol. The van der Waals surface area contributed by atoms with Crippen LogP contribution >= 0.6 is 0 Å². The molecule has 0 aliphatic carbocycles. The minimum absolute atomic E-state index is 0.0595. The van der Waals surface area contributed by atoms with Crippen molar-refractivity contribution in [3.05, 3.63) is 65.0 Å². The first-order valence-corrected chi connectivity index (χ1v) is 11.2. The SMILES string of the molecule is Cc1cc(C)c(NC(=O)CN(C)C(=O)c2cc(-c3ccco3)nc3c2cnn3C(C)C)c(C)c1. The molecule has 0 aliphatic rings. The number of hydrogen-bond acceptors (Lipinski definition) is 5. The highest BCUT2D eigenvalue weighted by molar-refractivity contribution is 6.07. The number of carbonyl (C=O) groups excluding carboxylic acids is 2. The molecule has 0 unspecified atom stereocenters. The third kappa shape index (κ3) is 4.44. The van der Waals surface area contributed by atoms with Crippen LogP contribution in [0.2, 0.25) is 0 Å². The topological polar surface area (TPSA) is 93.3 Å². The Balaban J connectivity index is 1.64. The fourth-order valence-corrected chi connectivity index (χ4v) is 4.17. The molecule has 2 amide bonds. The number of aryl methyl sites for hydroxylation is 3. The van der Waals surface area contributed by atoms with Crippen molar-refractivity contribution in [1.82, 2.24) is 19.7 Å². The van der Waals surface area contributed by atoms with E-state index in [4.69, 9.17) is 9.40 Å². The van der Waals surface area contributed by atoms with Gasteiger partial charge in [-0.15, -0.1) is 0 Å². The van der Waals surface area contributed by atoms with Crippen molar-refractivity contribution in [2.24, 2.45) is 0 Å². The molecule has 1 N–H and O–H groups in total. The summed E-state index contributed by atoms with van der Waals surface area (Å²) in [5, 5.41) is 8.02. The Morgan fingerprint density at radius 1 is 1.15 bits per heavy atom. The van der Waals surface area contributed by atoms with E-state index in [9.17, 15) is 9.59 Å². The minimum atomic E-state index is -0.295. The van der Waals surface area contributed by atoms with Gasteiger partial charge < -0.3 is 14.6 Å². The number of fused-ring (bicyclic) bond motifs is 1. The number of furan rings is 1. The molecule has 8 heteroatoms. The molecule has 8 nitrogen and oxygen atoms in total. The van der Waals surface area contributed by atoms with E-state index in [1.165, 1.54) is 4.90 Å². The van der Waals surface area contributed by atoms with Gasteiger partial charge in [-0.05, 0) is 63.9 Å². The Morgan fingerprint density at radius 3 is 2.47 bits per heavy atom. The number of benzene rings is 1. The van der Waals surface area contributed by atoms with Gasteiger partial charge in [0.2, 0.25) is 5.91 Å². The molecule has 0 bridgehead atoms. The first-order chi connectivity index (χ1) is 16.2. The maximum atomic E-state index is 13.5.